The largest absolute Gasteiger partial charge is 0.478 e. The van der Waals surface area contributed by atoms with Crippen molar-refractivity contribution in [3.8, 4) is 11.5 Å². The number of aromatic carboxylic acids is 1. The van der Waals surface area contributed by atoms with Crippen molar-refractivity contribution in [2.24, 2.45) is 0 Å². The van der Waals surface area contributed by atoms with Crippen LogP contribution in [0.15, 0.2) is 46.9 Å². The van der Waals surface area contributed by atoms with E-state index in [1.54, 1.807) is 6.07 Å². The molecule has 2 aromatic carbocycles. The predicted molar refractivity (Wildman–Crippen MR) is 67.6 cm³/mol. The summed E-state index contributed by atoms with van der Waals surface area (Å²) in [6, 6.07) is 10.2. The monoisotopic (exact) mass is 310 g/mol. The molecule has 0 aromatic heterocycles. The zero-order valence-electron chi connectivity index (χ0n) is 9.06. The fraction of sp³-hybridized carbons (Fsp3) is 0. The van der Waals surface area contributed by atoms with Gasteiger partial charge in [0, 0.05) is 4.47 Å². The molecule has 0 amide bonds. The molecule has 0 heterocycles. The molecule has 0 bridgehead atoms. The maximum atomic E-state index is 13.5. The van der Waals surface area contributed by atoms with E-state index >= 15 is 0 Å². The molecule has 18 heavy (non-hydrogen) atoms. The van der Waals surface area contributed by atoms with Gasteiger partial charge in [0.1, 0.15) is 5.75 Å². The van der Waals surface area contributed by atoms with Gasteiger partial charge < -0.3 is 9.84 Å². The Balaban J connectivity index is 2.21. The van der Waals surface area contributed by atoms with Gasteiger partial charge in [0.05, 0.1) is 5.56 Å². The van der Waals surface area contributed by atoms with Crippen molar-refractivity contribution in [1.29, 1.82) is 0 Å². The van der Waals surface area contributed by atoms with Crippen LogP contribution >= 0.6 is 15.9 Å². The van der Waals surface area contributed by atoms with Gasteiger partial charge in [0.25, 0.3) is 0 Å². The van der Waals surface area contributed by atoms with Crippen LogP contribution < -0.4 is 4.74 Å². The molecule has 5 heteroatoms. The molecule has 0 saturated carbocycles. The van der Waals surface area contributed by atoms with Gasteiger partial charge in [0.2, 0.25) is 0 Å². The predicted octanol–water partition coefficient (Wildman–Crippen LogP) is 4.08. The first-order valence-electron chi connectivity index (χ1n) is 5.02. The normalized spacial score (nSPS) is 10.1. The molecule has 2 rings (SSSR count). The van der Waals surface area contributed by atoms with Gasteiger partial charge in [-0.05, 0) is 42.5 Å². The number of hydrogen-bond donors (Lipinski definition) is 1. The van der Waals surface area contributed by atoms with Crippen LogP contribution in [0.25, 0.3) is 0 Å². The quantitative estimate of drug-likeness (QED) is 0.929. The highest BCUT2D eigenvalue weighted by Crippen LogP contribution is 2.26. The summed E-state index contributed by atoms with van der Waals surface area (Å²) < 4.78 is 19.4. The molecule has 0 aliphatic rings. The minimum absolute atomic E-state index is 0.0845. The van der Waals surface area contributed by atoms with Gasteiger partial charge in [0.15, 0.2) is 11.6 Å². The molecule has 0 aliphatic heterocycles. The Morgan fingerprint density at radius 3 is 2.39 bits per heavy atom. The Morgan fingerprint density at radius 2 is 1.83 bits per heavy atom. The highest BCUT2D eigenvalue weighted by atomic mass is 79.9. The lowest BCUT2D eigenvalue weighted by Crippen LogP contribution is -1.95. The zero-order chi connectivity index (χ0) is 13.1. The third-order valence-corrected chi connectivity index (χ3v) is 2.72. The Hall–Kier alpha value is -1.88. The van der Waals surface area contributed by atoms with Crippen molar-refractivity contribution in [1.82, 2.24) is 0 Å². The van der Waals surface area contributed by atoms with Gasteiger partial charge in [-0.2, -0.15) is 0 Å². The summed E-state index contributed by atoms with van der Waals surface area (Å²) in [6.45, 7) is 0. The average Bonchev–Trinajstić information content (AvgIpc) is 2.33. The molecular weight excluding hydrogens is 303 g/mol. The van der Waals surface area contributed by atoms with Crippen LogP contribution in [-0.4, -0.2) is 11.1 Å². The molecule has 0 fully saturated rings. The lowest BCUT2D eigenvalue weighted by Gasteiger charge is -2.07. The van der Waals surface area contributed by atoms with Crippen LogP contribution in [0.2, 0.25) is 0 Å². The van der Waals surface area contributed by atoms with E-state index in [-0.39, 0.29) is 11.3 Å². The minimum Gasteiger partial charge on any atom is -0.478 e. The molecular formula is C13H8BrFO3. The Kier molecular flexibility index (Phi) is 3.62. The molecule has 0 saturated heterocycles. The van der Waals surface area contributed by atoms with Crippen LogP contribution in [0.3, 0.4) is 0 Å². The second-order valence-corrected chi connectivity index (χ2v) is 4.42. The van der Waals surface area contributed by atoms with Crippen LogP contribution in [0, 0.1) is 5.82 Å². The highest BCUT2D eigenvalue weighted by molar-refractivity contribution is 9.10. The van der Waals surface area contributed by atoms with Crippen molar-refractivity contribution in [2.45, 2.75) is 0 Å². The van der Waals surface area contributed by atoms with Gasteiger partial charge in [-0.1, -0.05) is 15.9 Å². The lowest BCUT2D eigenvalue weighted by molar-refractivity contribution is 0.0697. The topological polar surface area (TPSA) is 46.5 Å². The maximum Gasteiger partial charge on any atom is 0.335 e. The molecule has 1 N–H and O–H groups in total. The molecule has 0 radical (unpaired) electrons. The first kappa shape index (κ1) is 12.6. The zero-order valence-corrected chi connectivity index (χ0v) is 10.6. The fourth-order valence-electron chi connectivity index (χ4n) is 1.35. The highest BCUT2D eigenvalue weighted by Gasteiger charge is 2.06. The first-order valence-corrected chi connectivity index (χ1v) is 5.82. The third kappa shape index (κ3) is 2.87. The third-order valence-electron chi connectivity index (χ3n) is 2.22. The average molecular weight is 311 g/mol. The Bertz CT molecular complexity index is 581. The van der Waals surface area contributed by atoms with E-state index in [0.29, 0.717) is 10.2 Å². The summed E-state index contributed by atoms with van der Waals surface area (Å²) in [5, 5.41) is 8.73. The van der Waals surface area contributed by atoms with E-state index in [9.17, 15) is 9.18 Å². The van der Waals surface area contributed by atoms with Crippen LogP contribution in [0.4, 0.5) is 4.39 Å². The van der Waals surface area contributed by atoms with Crippen molar-refractivity contribution in [3.05, 3.63) is 58.3 Å². The van der Waals surface area contributed by atoms with E-state index in [0.717, 1.165) is 0 Å². The summed E-state index contributed by atoms with van der Waals surface area (Å²) in [7, 11) is 0. The number of hydrogen-bond acceptors (Lipinski definition) is 2. The second kappa shape index (κ2) is 5.18. The number of halogens is 2. The van der Waals surface area contributed by atoms with E-state index in [1.165, 1.54) is 36.4 Å². The van der Waals surface area contributed by atoms with Gasteiger partial charge in [-0.3, -0.25) is 0 Å². The van der Waals surface area contributed by atoms with Gasteiger partial charge >= 0.3 is 5.97 Å². The number of benzene rings is 2. The first-order chi connectivity index (χ1) is 8.56. The summed E-state index contributed by atoms with van der Waals surface area (Å²) >= 11 is 3.15. The van der Waals surface area contributed by atoms with Crippen molar-refractivity contribution in [2.75, 3.05) is 0 Å². The van der Waals surface area contributed by atoms with E-state index < -0.39 is 11.8 Å². The number of carbonyl (C=O) groups is 1. The SMILES string of the molecule is O=C(O)c1ccc(Oc2ccc(Br)cc2F)cc1. The van der Waals surface area contributed by atoms with E-state index in [4.69, 9.17) is 9.84 Å². The molecule has 92 valence electrons. The van der Waals surface area contributed by atoms with Crippen LogP contribution in [-0.2, 0) is 0 Å². The Morgan fingerprint density at radius 1 is 1.17 bits per heavy atom. The summed E-state index contributed by atoms with van der Waals surface area (Å²) in [5.74, 6) is -1.05. The molecule has 0 spiro atoms. The number of carboxylic acids is 1. The molecule has 0 aliphatic carbocycles. The fourth-order valence-corrected chi connectivity index (χ4v) is 1.68. The van der Waals surface area contributed by atoms with E-state index in [1.807, 2.05) is 0 Å². The molecule has 0 unspecified atom stereocenters. The van der Waals surface area contributed by atoms with Crippen molar-refractivity contribution in [3.63, 3.8) is 0 Å². The van der Waals surface area contributed by atoms with Gasteiger partial charge in [-0.25, -0.2) is 9.18 Å². The summed E-state index contributed by atoms with van der Waals surface area (Å²) in [4.78, 5) is 10.7. The summed E-state index contributed by atoms with van der Waals surface area (Å²) in [5.41, 5.74) is 0.152. The van der Waals surface area contributed by atoms with Crippen molar-refractivity contribution >= 4 is 21.9 Å². The van der Waals surface area contributed by atoms with E-state index in [2.05, 4.69) is 15.9 Å². The molecule has 2 aromatic rings. The smallest absolute Gasteiger partial charge is 0.335 e. The lowest BCUT2D eigenvalue weighted by atomic mass is 10.2. The van der Waals surface area contributed by atoms with Gasteiger partial charge in [-0.15, -0.1) is 0 Å². The Labute approximate surface area is 111 Å². The number of rotatable bonds is 3. The number of carboxylic acid groups (broad SMARTS) is 1. The maximum absolute atomic E-state index is 13.5. The van der Waals surface area contributed by atoms with Crippen molar-refractivity contribution < 1.29 is 19.0 Å². The molecule has 0 atom stereocenters. The minimum atomic E-state index is -1.02. The summed E-state index contributed by atoms with van der Waals surface area (Å²) in [6.07, 6.45) is 0. The van der Waals surface area contributed by atoms with Crippen LogP contribution in [0.1, 0.15) is 10.4 Å². The second-order valence-electron chi connectivity index (χ2n) is 3.51. The number of ether oxygens (including phenoxy) is 1. The molecule has 3 nitrogen and oxygen atoms in total. The standard InChI is InChI=1S/C13H8BrFO3/c14-9-3-6-12(11(15)7-9)18-10-4-1-8(2-5-10)13(16)17/h1-7H,(H,16,17). The van der Waals surface area contributed by atoms with Crippen LogP contribution in [0.5, 0.6) is 11.5 Å².